The minimum absolute atomic E-state index is 0.427. The molecule has 1 saturated heterocycles. The Hall–Kier alpha value is -0.120. The van der Waals surface area contributed by atoms with E-state index in [-0.39, 0.29) is 0 Å². The first-order valence-electron chi connectivity index (χ1n) is 7.86. The number of piperazine rings is 1. The zero-order valence-corrected chi connectivity index (χ0v) is 12.2. The van der Waals surface area contributed by atoms with Gasteiger partial charge in [-0.1, -0.05) is 26.2 Å². The van der Waals surface area contributed by atoms with Crippen molar-refractivity contribution in [2.75, 3.05) is 32.8 Å². The van der Waals surface area contributed by atoms with Gasteiger partial charge in [-0.15, -0.1) is 0 Å². The minimum Gasteiger partial charge on any atom is -0.380 e. The van der Waals surface area contributed by atoms with E-state index in [1.165, 1.54) is 51.6 Å². The van der Waals surface area contributed by atoms with Crippen LogP contribution in [0, 0.1) is 0 Å². The van der Waals surface area contributed by atoms with Crippen LogP contribution in [0.4, 0.5) is 0 Å². The molecule has 1 atom stereocenters. The monoisotopic (exact) mass is 254 g/mol. The summed E-state index contributed by atoms with van der Waals surface area (Å²) in [6.45, 7) is 9.63. The van der Waals surface area contributed by atoms with Crippen molar-refractivity contribution < 1.29 is 4.74 Å². The molecule has 1 unspecified atom stereocenters. The summed E-state index contributed by atoms with van der Waals surface area (Å²) in [6.07, 6.45) is 8.23. The van der Waals surface area contributed by atoms with Gasteiger partial charge in [0.15, 0.2) is 0 Å². The fraction of sp³-hybridized carbons (Fsp3) is 1.00. The molecule has 2 rings (SSSR count). The van der Waals surface area contributed by atoms with Crippen LogP contribution in [0.3, 0.4) is 0 Å². The standard InChI is InChI=1S/C15H30N2O/c1-3-14-12-16-15(8-6-5-7-9-15)13-17(14)10-11-18-4-2/h14,16H,3-13H2,1-2H3. The molecule has 1 aliphatic heterocycles. The van der Waals surface area contributed by atoms with E-state index in [4.69, 9.17) is 4.74 Å². The lowest BCUT2D eigenvalue weighted by molar-refractivity contribution is 0.0284. The number of hydrogen-bond donors (Lipinski definition) is 1. The molecule has 0 aromatic heterocycles. The van der Waals surface area contributed by atoms with E-state index in [0.29, 0.717) is 11.6 Å². The summed E-state index contributed by atoms with van der Waals surface area (Å²) >= 11 is 0. The number of rotatable bonds is 5. The van der Waals surface area contributed by atoms with E-state index in [2.05, 4.69) is 24.1 Å². The highest BCUT2D eigenvalue weighted by Gasteiger charge is 2.38. The molecule has 3 heteroatoms. The number of ether oxygens (including phenoxy) is 1. The Bertz CT molecular complexity index is 239. The lowest BCUT2D eigenvalue weighted by atomic mass is 9.79. The SMILES string of the molecule is CCOCCN1CC2(CCCCC2)NCC1CC. The predicted molar refractivity (Wildman–Crippen MR) is 76.0 cm³/mol. The van der Waals surface area contributed by atoms with Crippen molar-refractivity contribution in [3.63, 3.8) is 0 Å². The number of nitrogens with zero attached hydrogens (tertiary/aromatic N) is 1. The molecule has 1 aliphatic carbocycles. The highest BCUT2D eigenvalue weighted by Crippen LogP contribution is 2.32. The average molecular weight is 254 g/mol. The van der Waals surface area contributed by atoms with Crippen molar-refractivity contribution in [2.45, 2.75) is 64.0 Å². The normalized spacial score (nSPS) is 28.7. The Morgan fingerprint density at radius 3 is 2.67 bits per heavy atom. The lowest BCUT2D eigenvalue weighted by Crippen LogP contribution is -2.65. The summed E-state index contributed by atoms with van der Waals surface area (Å²) in [5.74, 6) is 0. The first-order valence-corrected chi connectivity index (χ1v) is 7.86. The summed E-state index contributed by atoms with van der Waals surface area (Å²) in [5, 5.41) is 3.87. The second-order valence-electron chi connectivity index (χ2n) is 5.95. The van der Waals surface area contributed by atoms with Crippen LogP contribution in [0.2, 0.25) is 0 Å². The first kappa shape index (κ1) is 14.3. The molecule has 18 heavy (non-hydrogen) atoms. The molecule has 3 nitrogen and oxygen atoms in total. The molecule has 1 spiro atoms. The van der Waals surface area contributed by atoms with E-state index >= 15 is 0 Å². The van der Waals surface area contributed by atoms with Crippen LogP contribution in [0.25, 0.3) is 0 Å². The zero-order valence-electron chi connectivity index (χ0n) is 12.2. The fourth-order valence-electron chi connectivity index (χ4n) is 3.59. The van der Waals surface area contributed by atoms with Crippen molar-refractivity contribution in [1.82, 2.24) is 10.2 Å². The summed E-state index contributed by atoms with van der Waals surface area (Å²) in [5.41, 5.74) is 0.427. The van der Waals surface area contributed by atoms with E-state index < -0.39 is 0 Å². The van der Waals surface area contributed by atoms with Crippen LogP contribution in [0.15, 0.2) is 0 Å². The van der Waals surface area contributed by atoms with Gasteiger partial charge in [0.05, 0.1) is 6.61 Å². The zero-order chi connectivity index (χ0) is 12.8. The van der Waals surface area contributed by atoms with E-state index in [0.717, 1.165) is 19.8 Å². The molecule has 0 radical (unpaired) electrons. The Kier molecular flexibility index (Phi) is 5.46. The third-order valence-corrected chi connectivity index (χ3v) is 4.74. The largest absolute Gasteiger partial charge is 0.380 e. The molecule has 1 N–H and O–H groups in total. The van der Waals surface area contributed by atoms with Gasteiger partial charge in [-0.3, -0.25) is 4.90 Å². The van der Waals surface area contributed by atoms with E-state index in [1.54, 1.807) is 0 Å². The van der Waals surface area contributed by atoms with Crippen molar-refractivity contribution in [2.24, 2.45) is 0 Å². The third kappa shape index (κ3) is 3.46. The second-order valence-corrected chi connectivity index (χ2v) is 5.95. The van der Waals surface area contributed by atoms with E-state index in [9.17, 15) is 0 Å². The predicted octanol–water partition coefficient (Wildman–Crippen LogP) is 2.41. The Morgan fingerprint density at radius 2 is 2.00 bits per heavy atom. The molecule has 1 heterocycles. The summed E-state index contributed by atoms with van der Waals surface area (Å²) < 4.78 is 5.54. The van der Waals surface area contributed by atoms with Crippen molar-refractivity contribution >= 4 is 0 Å². The van der Waals surface area contributed by atoms with Gasteiger partial charge in [0.25, 0.3) is 0 Å². The number of nitrogens with one attached hydrogen (secondary N) is 1. The van der Waals surface area contributed by atoms with Crippen LogP contribution in [0.1, 0.15) is 52.4 Å². The molecule has 106 valence electrons. The van der Waals surface area contributed by atoms with Gasteiger partial charge in [-0.25, -0.2) is 0 Å². The Labute approximate surface area is 112 Å². The van der Waals surface area contributed by atoms with Crippen molar-refractivity contribution in [1.29, 1.82) is 0 Å². The molecule has 0 bridgehead atoms. The van der Waals surface area contributed by atoms with Crippen LogP contribution >= 0.6 is 0 Å². The fourth-order valence-corrected chi connectivity index (χ4v) is 3.59. The highest BCUT2D eigenvalue weighted by molar-refractivity contribution is 4.99. The summed E-state index contributed by atoms with van der Waals surface area (Å²) in [4.78, 5) is 2.68. The lowest BCUT2D eigenvalue weighted by Gasteiger charge is -2.49. The van der Waals surface area contributed by atoms with Gasteiger partial charge in [0.2, 0.25) is 0 Å². The van der Waals surface area contributed by atoms with E-state index in [1.807, 2.05) is 0 Å². The van der Waals surface area contributed by atoms with Crippen LogP contribution in [-0.2, 0) is 4.74 Å². The maximum absolute atomic E-state index is 5.54. The second kappa shape index (κ2) is 6.88. The molecule has 2 aliphatic rings. The topological polar surface area (TPSA) is 24.5 Å². The molecule has 2 fully saturated rings. The maximum atomic E-state index is 5.54. The van der Waals surface area contributed by atoms with Gasteiger partial charge in [-0.2, -0.15) is 0 Å². The molecular formula is C15H30N2O. The van der Waals surface area contributed by atoms with Crippen LogP contribution in [-0.4, -0.2) is 49.3 Å². The quantitative estimate of drug-likeness (QED) is 0.763. The molecule has 0 aromatic carbocycles. The van der Waals surface area contributed by atoms with Gasteiger partial charge in [0, 0.05) is 37.8 Å². The van der Waals surface area contributed by atoms with Crippen LogP contribution < -0.4 is 5.32 Å². The van der Waals surface area contributed by atoms with Crippen molar-refractivity contribution in [3.8, 4) is 0 Å². The Balaban J connectivity index is 1.90. The Morgan fingerprint density at radius 1 is 1.22 bits per heavy atom. The van der Waals surface area contributed by atoms with Gasteiger partial charge >= 0.3 is 0 Å². The van der Waals surface area contributed by atoms with Gasteiger partial charge in [0.1, 0.15) is 0 Å². The number of hydrogen-bond acceptors (Lipinski definition) is 3. The molecule has 0 aromatic rings. The van der Waals surface area contributed by atoms with Crippen LogP contribution in [0.5, 0.6) is 0 Å². The first-order chi connectivity index (χ1) is 8.79. The summed E-state index contributed by atoms with van der Waals surface area (Å²) in [7, 11) is 0. The molecule has 0 amide bonds. The maximum Gasteiger partial charge on any atom is 0.0593 e. The third-order valence-electron chi connectivity index (χ3n) is 4.74. The highest BCUT2D eigenvalue weighted by atomic mass is 16.5. The smallest absolute Gasteiger partial charge is 0.0593 e. The molecular weight excluding hydrogens is 224 g/mol. The van der Waals surface area contributed by atoms with Crippen molar-refractivity contribution in [3.05, 3.63) is 0 Å². The molecule has 1 saturated carbocycles. The van der Waals surface area contributed by atoms with Gasteiger partial charge < -0.3 is 10.1 Å². The van der Waals surface area contributed by atoms with Gasteiger partial charge in [-0.05, 0) is 26.2 Å². The summed E-state index contributed by atoms with van der Waals surface area (Å²) in [6, 6.07) is 0.706. The minimum atomic E-state index is 0.427. The average Bonchev–Trinajstić information content (AvgIpc) is 2.40.